The second-order valence-electron chi connectivity index (χ2n) is 3.82. The standard InChI is InChI=1S/C10H18N2/c1-2-5-9(4-1)12-10-6-3-7-11-8-10/h1,4,9-12H,2-3,5-8H2. The molecule has 1 fully saturated rings. The fourth-order valence-electron chi connectivity index (χ4n) is 2.07. The lowest BCUT2D eigenvalue weighted by molar-refractivity contribution is 0.369. The highest BCUT2D eigenvalue weighted by atomic mass is 15.0. The van der Waals surface area contributed by atoms with Gasteiger partial charge in [-0.05, 0) is 32.2 Å². The molecule has 1 heterocycles. The number of piperidine rings is 1. The van der Waals surface area contributed by atoms with Crippen LogP contribution < -0.4 is 10.6 Å². The van der Waals surface area contributed by atoms with Crippen molar-refractivity contribution in [1.29, 1.82) is 0 Å². The summed E-state index contributed by atoms with van der Waals surface area (Å²) < 4.78 is 0. The molecule has 0 radical (unpaired) electrons. The molecule has 2 aliphatic rings. The molecule has 0 aromatic heterocycles. The number of allylic oxidation sites excluding steroid dienone is 1. The van der Waals surface area contributed by atoms with Crippen LogP contribution in [0.5, 0.6) is 0 Å². The zero-order valence-corrected chi connectivity index (χ0v) is 7.55. The van der Waals surface area contributed by atoms with Crippen LogP contribution >= 0.6 is 0 Å². The Morgan fingerprint density at radius 2 is 2.33 bits per heavy atom. The van der Waals surface area contributed by atoms with Gasteiger partial charge < -0.3 is 10.6 Å². The van der Waals surface area contributed by atoms with Gasteiger partial charge in [0.15, 0.2) is 0 Å². The van der Waals surface area contributed by atoms with Crippen LogP contribution in [0.3, 0.4) is 0 Å². The molecule has 2 atom stereocenters. The fraction of sp³-hybridized carbons (Fsp3) is 0.800. The van der Waals surface area contributed by atoms with Crippen molar-refractivity contribution in [3.8, 4) is 0 Å². The average Bonchev–Trinajstić information content (AvgIpc) is 2.59. The van der Waals surface area contributed by atoms with E-state index in [2.05, 4.69) is 22.8 Å². The lowest BCUT2D eigenvalue weighted by Crippen LogP contribution is -2.46. The Bertz CT molecular complexity index is 159. The molecule has 0 amide bonds. The van der Waals surface area contributed by atoms with E-state index >= 15 is 0 Å². The SMILES string of the molecule is C1=CC(NC2CCCNC2)CC1. The van der Waals surface area contributed by atoms with Gasteiger partial charge in [-0.25, -0.2) is 0 Å². The van der Waals surface area contributed by atoms with Gasteiger partial charge in [0.1, 0.15) is 0 Å². The zero-order chi connectivity index (χ0) is 8.23. The van der Waals surface area contributed by atoms with Gasteiger partial charge in [-0.1, -0.05) is 12.2 Å². The highest BCUT2D eigenvalue weighted by molar-refractivity contribution is 5.02. The van der Waals surface area contributed by atoms with Crippen molar-refractivity contribution in [2.24, 2.45) is 0 Å². The first-order chi connectivity index (χ1) is 5.95. The van der Waals surface area contributed by atoms with E-state index in [1.807, 2.05) is 0 Å². The first kappa shape index (κ1) is 8.27. The molecule has 2 heteroatoms. The van der Waals surface area contributed by atoms with E-state index in [4.69, 9.17) is 0 Å². The third-order valence-corrected chi connectivity index (χ3v) is 2.76. The Hall–Kier alpha value is -0.340. The minimum atomic E-state index is 0.662. The van der Waals surface area contributed by atoms with E-state index in [9.17, 15) is 0 Å². The fourth-order valence-corrected chi connectivity index (χ4v) is 2.07. The van der Waals surface area contributed by atoms with Crippen molar-refractivity contribution in [2.75, 3.05) is 13.1 Å². The molecule has 0 aromatic rings. The van der Waals surface area contributed by atoms with Crippen LogP contribution in [0.2, 0.25) is 0 Å². The second-order valence-corrected chi connectivity index (χ2v) is 3.82. The van der Waals surface area contributed by atoms with Crippen LogP contribution in [0, 0.1) is 0 Å². The quantitative estimate of drug-likeness (QED) is 0.599. The van der Waals surface area contributed by atoms with E-state index < -0.39 is 0 Å². The molecule has 1 saturated heterocycles. The van der Waals surface area contributed by atoms with Crippen molar-refractivity contribution in [1.82, 2.24) is 10.6 Å². The Kier molecular flexibility index (Phi) is 2.79. The summed E-state index contributed by atoms with van der Waals surface area (Å²) in [7, 11) is 0. The molecule has 0 aromatic carbocycles. The van der Waals surface area contributed by atoms with Crippen molar-refractivity contribution in [3.63, 3.8) is 0 Å². The normalized spacial score (nSPS) is 35.7. The molecule has 2 nitrogen and oxygen atoms in total. The summed E-state index contributed by atoms with van der Waals surface area (Å²) in [5.74, 6) is 0. The predicted molar refractivity (Wildman–Crippen MR) is 51.2 cm³/mol. The molecule has 0 saturated carbocycles. The highest BCUT2D eigenvalue weighted by Gasteiger charge is 2.16. The van der Waals surface area contributed by atoms with Crippen molar-refractivity contribution in [3.05, 3.63) is 12.2 Å². The van der Waals surface area contributed by atoms with Crippen molar-refractivity contribution >= 4 is 0 Å². The Morgan fingerprint density at radius 3 is 3.00 bits per heavy atom. The maximum atomic E-state index is 3.67. The van der Waals surface area contributed by atoms with Crippen LogP contribution in [0.4, 0.5) is 0 Å². The minimum Gasteiger partial charge on any atom is -0.315 e. The molecule has 1 aliphatic heterocycles. The minimum absolute atomic E-state index is 0.662. The van der Waals surface area contributed by atoms with E-state index in [0.717, 1.165) is 6.54 Å². The number of hydrogen-bond donors (Lipinski definition) is 2. The Balaban J connectivity index is 1.73. The van der Waals surface area contributed by atoms with Gasteiger partial charge in [0, 0.05) is 18.6 Å². The largest absolute Gasteiger partial charge is 0.315 e. The molecule has 2 N–H and O–H groups in total. The summed E-state index contributed by atoms with van der Waals surface area (Å²) in [5.41, 5.74) is 0. The molecule has 12 heavy (non-hydrogen) atoms. The van der Waals surface area contributed by atoms with E-state index in [1.54, 1.807) is 0 Å². The van der Waals surface area contributed by atoms with Crippen LogP contribution in [0.15, 0.2) is 12.2 Å². The summed E-state index contributed by atoms with van der Waals surface area (Å²) in [5, 5.41) is 7.09. The first-order valence-corrected chi connectivity index (χ1v) is 5.08. The number of rotatable bonds is 2. The second kappa shape index (κ2) is 4.06. The Morgan fingerprint density at radius 1 is 1.33 bits per heavy atom. The smallest absolute Gasteiger partial charge is 0.0256 e. The summed E-state index contributed by atoms with van der Waals surface area (Å²) in [4.78, 5) is 0. The zero-order valence-electron chi connectivity index (χ0n) is 7.55. The average molecular weight is 166 g/mol. The maximum Gasteiger partial charge on any atom is 0.0256 e. The monoisotopic (exact) mass is 166 g/mol. The van der Waals surface area contributed by atoms with Crippen LogP contribution in [0.25, 0.3) is 0 Å². The maximum absolute atomic E-state index is 3.67. The molecule has 0 spiro atoms. The number of nitrogens with one attached hydrogen (secondary N) is 2. The van der Waals surface area contributed by atoms with Crippen LogP contribution in [-0.2, 0) is 0 Å². The third-order valence-electron chi connectivity index (χ3n) is 2.76. The summed E-state index contributed by atoms with van der Waals surface area (Å²) in [6.07, 6.45) is 9.84. The first-order valence-electron chi connectivity index (χ1n) is 5.08. The van der Waals surface area contributed by atoms with Gasteiger partial charge >= 0.3 is 0 Å². The van der Waals surface area contributed by atoms with Gasteiger partial charge in [-0.15, -0.1) is 0 Å². The lowest BCUT2D eigenvalue weighted by Gasteiger charge is -2.26. The summed E-state index contributed by atoms with van der Waals surface area (Å²) in [6.45, 7) is 2.36. The topological polar surface area (TPSA) is 24.1 Å². The van der Waals surface area contributed by atoms with Gasteiger partial charge in [0.05, 0.1) is 0 Å². The van der Waals surface area contributed by atoms with Crippen LogP contribution in [-0.4, -0.2) is 25.2 Å². The predicted octanol–water partition coefficient (Wildman–Crippen LogP) is 1.05. The van der Waals surface area contributed by atoms with E-state index in [1.165, 1.54) is 32.2 Å². The Labute approximate surface area is 74.4 Å². The van der Waals surface area contributed by atoms with E-state index in [0.29, 0.717) is 12.1 Å². The van der Waals surface area contributed by atoms with Gasteiger partial charge in [-0.2, -0.15) is 0 Å². The molecule has 1 aliphatic carbocycles. The van der Waals surface area contributed by atoms with Gasteiger partial charge in [-0.3, -0.25) is 0 Å². The molecule has 2 unspecified atom stereocenters. The van der Waals surface area contributed by atoms with E-state index in [-0.39, 0.29) is 0 Å². The molecule has 2 rings (SSSR count). The number of hydrogen-bond acceptors (Lipinski definition) is 2. The highest BCUT2D eigenvalue weighted by Crippen LogP contribution is 2.11. The molecule has 68 valence electrons. The molecule has 0 bridgehead atoms. The van der Waals surface area contributed by atoms with Crippen LogP contribution in [0.1, 0.15) is 25.7 Å². The molecular weight excluding hydrogens is 148 g/mol. The van der Waals surface area contributed by atoms with Crippen molar-refractivity contribution < 1.29 is 0 Å². The lowest BCUT2D eigenvalue weighted by atomic mass is 10.1. The van der Waals surface area contributed by atoms with Gasteiger partial charge in [0.25, 0.3) is 0 Å². The third kappa shape index (κ3) is 2.08. The summed E-state index contributed by atoms with van der Waals surface area (Å²) >= 11 is 0. The summed E-state index contributed by atoms with van der Waals surface area (Å²) in [6, 6.07) is 1.38. The molecular formula is C10H18N2. The van der Waals surface area contributed by atoms with Gasteiger partial charge in [0.2, 0.25) is 0 Å². The van der Waals surface area contributed by atoms with Crippen molar-refractivity contribution in [2.45, 2.75) is 37.8 Å².